The molecule has 0 radical (unpaired) electrons. The third-order valence-corrected chi connectivity index (χ3v) is 6.12. The molecule has 0 bridgehead atoms. The summed E-state index contributed by atoms with van der Waals surface area (Å²) in [6.45, 7) is 3.90. The lowest BCUT2D eigenvalue weighted by molar-refractivity contribution is -0.137. The summed E-state index contributed by atoms with van der Waals surface area (Å²) < 4.78 is 6.13. The highest BCUT2D eigenvalue weighted by atomic mass is 32.1. The van der Waals surface area contributed by atoms with E-state index >= 15 is 0 Å². The molecule has 8 nitrogen and oxygen atoms in total. The number of likely N-dealkylation sites (tertiary alicyclic amines) is 1. The first-order valence-electron chi connectivity index (χ1n) is 9.50. The van der Waals surface area contributed by atoms with E-state index in [4.69, 9.17) is 4.74 Å². The fourth-order valence-electron chi connectivity index (χ4n) is 3.66. The molecule has 2 unspecified atom stereocenters. The molecule has 3 heterocycles. The van der Waals surface area contributed by atoms with Gasteiger partial charge in [0.05, 0.1) is 5.56 Å². The van der Waals surface area contributed by atoms with Crippen molar-refractivity contribution in [3.63, 3.8) is 0 Å². The number of amides is 3. The summed E-state index contributed by atoms with van der Waals surface area (Å²) >= 11 is 1.38. The van der Waals surface area contributed by atoms with Crippen molar-refractivity contribution in [1.82, 2.24) is 15.2 Å². The van der Waals surface area contributed by atoms with Crippen molar-refractivity contribution in [2.75, 3.05) is 11.9 Å². The third kappa shape index (κ3) is 3.82. The van der Waals surface area contributed by atoms with Gasteiger partial charge >= 0.3 is 0 Å². The maximum atomic E-state index is 12.7. The molecule has 9 heteroatoms. The monoisotopic (exact) mass is 414 g/mol. The molecule has 0 saturated carbocycles. The Kier molecular flexibility index (Phi) is 4.99. The Morgan fingerprint density at radius 2 is 2.14 bits per heavy atom. The zero-order valence-electron chi connectivity index (χ0n) is 16.2. The summed E-state index contributed by atoms with van der Waals surface area (Å²) in [4.78, 5) is 44.5. The van der Waals surface area contributed by atoms with Crippen molar-refractivity contribution in [2.45, 2.75) is 44.9 Å². The van der Waals surface area contributed by atoms with Crippen molar-refractivity contribution in [2.24, 2.45) is 0 Å². The van der Waals surface area contributed by atoms with Crippen LogP contribution in [0, 0.1) is 6.92 Å². The molecule has 2 aromatic rings. The topological polar surface area (TPSA) is 101 Å². The first-order valence-corrected chi connectivity index (χ1v) is 10.3. The van der Waals surface area contributed by atoms with Crippen LogP contribution in [0.1, 0.15) is 41.4 Å². The number of carbonyl (C=O) groups excluding carboxylic acids is 3. The Labute approximate surface area is 172 Å². The number of anilines is 1. The molecular weight excluding hydrogens is 392 g/mol. The molecule has 2 atom stereocenters. The van der Waals surface area contributed by atoms with Crippen LogP contribution in [-0.2, 0) is 9.59 Å². The number of rotatable bonds is 3. The summed E-state index contributed by atoms with van der Waals surface area (Å²) in [5.41, 5.74) is -0.463. The summed E-state index contributed by atoms with van der Waals surface area (Å²) in [7, 11) is 0. The number of nitrogens with zero attached hydrogens (tertiary/aromatic N) is 2. The van der Waals surface area contributed by atoms with Crippen molar-refractivity contribution < 1.29 is 19.1 Å². The fourth-order valence-corrected chi connectivity index (χ4v) is 4.32. The molecule has 1 spiro atoms. The number of benzene rings is 1. The van der Waals surface area contributed by atoms with Crippen LogP contribution >= 0.6 is 11.3 Å². The summed E-state index contributed by atoms with van der Waals surface area (Å²) in [6.07, 6.45) is 2.61. The Morgan fingerprint density at radius 1 is 1.34 bits per heavy atom. The average Bonchev–Trinajstić information content (AvgIpc) is 3.04. The normalized spacial score (nSPS) is 22.3. The molecule has 1 saturated heterocycles. The van der Waals surface area contributed by atoms with Gasteiger partial charge < -0.3 is 20.3 Å². The Bertz CT molecular complexity index is 975. The SMILES string of the molecule is Cc1cnc(NC(=O)C(C)N2CCC3(CCC2=O)NC(=O)c2ccccc2O3)s1. The van der Waals surface area contributed by atoms with E-state index in [2.05, 4.69) is 15.6 Å². The van der Waals surface area contributed by atoms with Gasteiger partial charge in [0, 0.05) is 36.9 Å². The third-order valence-electron chi connectivity index (χ3n) is 5.30. The van der Waals surface area contributed by atoms with Crippen LogP contribution in [0.2, 0.25) is 0 Å². The second kappa shape index (κ2) is 7.47. The fraction of sp³-hybridized carbons (Fsp3) is 0.400. The maximum absolute atomic E-state index is 12.7. The van der Waals surface area contributed by atoms with Crippen LogP contribution in [0.25, 0.3) is 0 Å². The van der Waals surface area contributed by atoms with E-state index in [9.17, 15) is 14.4 Å². The molecule has 2 aliphatic heterocycles. The van der Waals surface area contributed by atoms with E-state index < -0.39 is 11.8 Å². The lowest BCUT2D eigenvalue weighted by atomic mass is 10.0. The molecule has 152 valence electrons. The van der Waals surface area contributed by atoms with Gasteiger partial charge in [-0.1, -0.05) is 12.1 Å². The maximum Gasteiger partial charge on any atom is 0.258 e. The Morgan fingerprint density at radius 3 is 2.90 bits per heavy atom. The van der Waals surface area contributed by atoms with Crippen LogP contribution in [-0.4, -0.2) is 45.9 Å². The molecule has 2 aliphatic rings. The van der Waals surface area contributed by atoms with Crippen molar-refractivity contribution >= 4 is 34.2 Å². The molecule has 2 N–H and O–H groups in total. The number of ether oxygens (including phenoxy) is 1. The summed E-state index contributed by atoms with van der Waals surface area (Å²) in [5, 5.41) is 6.21. The van der Waals surface area contributed by atoms with E-state index in [0.29, 0.717) is 35.8 Å². The van der Waals surface area contributed by atoms with Crippen molar-refractivity contribution in [3.05, 3.63) is 40.9 Å². The van der Waals surface area contributed by atoms with Gasteiger partial charge in [-0.3, -0.25) is 14.4 Å². The van der Waals surface area contributed by atoms with Gasteiger partial charge in [-0.15, -0.1) is 11.3 Å². The number of aromatic nitrogens is 1. The second-order valence-electron chi connectivity index (χ2n) is 7.33. The highest BCUT2D eigenvalue weighted by Crippen LogP contribution is 2.34. The Hall–Kier alpha value is -2.94. The molecule has 29 heavy (non-hydrogen) atoms. The predicted molar refractivity (Wildman–Crippen MR) is 108 cm³/mol. The lowest BCUT2D eigenvalue weighted by Crippen LogP contribution is -2.56. The number of para-hydroxylation sites is 1. The van der Waals surface area contributed by atoms with Gasteiger partial charge in [0.25, 0.3) is 5.91 Å². The number of fused-ring (bicyclic) bond motifs is 1. The quantitative estimate of drug-likeness (QED) is 0.803. The minimum Gasteiger partial charge on any atom is -0.467 e. The largest absolute Gasteiger partial charge is 0.467 e. The summed E-state index contributed by atoms with van der Waals surface area (Å²) in [6, 6.07) is 6.40. The van der Waals surface area contributed by atoms with E-state index in [1.165, 1.54) is 11.3 Å². The van der Waals surface area contributed by atoms with Crippen LogP contribution < -0.4 is 15.4 Å². The number of hydrogen-bond acceptors (Lipinski definition) is 6. The zero-order chi connectivity index (χ0) is 20.6. The minimum atomic E-state index is -0.946. The number of carbonyl (C=O) groups is 3. The smallest absolute Gasteiger partial charge is 0.258 e. The predicted octanol–water partition coefficient (Wildman–Crippen LogP) is 2.31. The van der Waals surface area contributed by atoms with Gasteiger partial charge in [-0.25, -0.2) is 4.98 Å². The second-order valence-corrected chi connectivity index (χ2v) is 8.56. The molecule has 0 aliphatic carbocycles. The van der Waals surface area contributed by atoms with Gasteiger partial charge in [-0.2, -0.15) is 0 Å². The highest BCUT2D eigenvalue weighted by molar-refractivity contribution is 7.15. The molecule has 1 fully saturated rings. The van der Waals surface area contributed by atoms with E-state index in [1.54, 1.807) is 36.2 Å². The highest BCUT2D eigenvalue weighted by Gasteiger charge is 2.43. The lowest BCUT2D eigenvalue weighted by Gasteiger charge is -2.38. The first-order chi connectivity index (χ1) is 13.9. The zero-order valence-corrected chi connectivity index (χ0v) is 17.0. The van der Waals surface area contributed by atoms with E-state index in [1.807, 2.05) is 13.0 Å². The van der Waals surface area contributed by atoms with E-state index in [0.717, 1.165) is 4.88 Å². The van der Waals surface area contributed by atoms with Crippen molar-refractivity contribution in [3.8, 4) is 5.75 Å². The molecular formula is C20H22N4O4S. The summed E-state index contributed by atoms with van der Waals surface area (Å²) in [5.74, 6) is -0.126. The van der Waals surface area contributed by atoms with Crippen LogP contribution in [0.3, 0.4) is 0 Å². The minimum absolute atomic E-state index is 0.142. The molecule has 3 amide bonds. The van der Waals surface area contributed by atoms with Gasteiger partial charge in [0.2, 0.25) is 11.8 Å². The molecule has 1 aromatic carbocycles. The number of thiazole rings is 1. The van der Waals surface area contributed by atoms with Gasteiger partial charge in [0.1, 0.15) is 11.8 Å². The van der Waals surface area contributed by atoms with Crippen molar-refractivity contribution in [1.29, 1.82) is 0 Å². The van der Waals surface area contributed by atoms with Gasteiger partial charge in [-0.05, 0) is 26.0 Å². The molecule has 1 aromatic heterocycles. The molecule has 4 rings (SSSR count). The number of nitrogens with one attached hydrogen (secondary N) is 2. The Balaban J connectivity index is 1.48. The standard InChI is InChI=1S/C20H22N4O4S/c1-12-11-21-19(29-12)22-17(26)13(2)24-10-9-20(8-7-16(24)25)23-18(27)14-5-3-4-6-15(14)28-20/h3-6,11,13H,7-10H2,1-2H3,(H,23,27)(H,21,22,26). The number of aryl methyl sites for hydroxylation is 1. The van der Waals surface area contributed by atoms with Crippen LogP contribution in [0.5, 0.6) is 5.75 Å². The number of hydrogen-bond donors (Lipinski definition) is 2. The van der Waals surface area contributed by atoms with Crippen LogP contribution in [0.4, 0.5) is 5.13 Å². The van der Waals surface area contributed by atoms with E-state index in [-0.39, 0.29) is 24.1 Å². The van der Waals surface area contributed by atoms with Gasteiger partial charge in [0.15, 0.2) is 10.9 Å². The average molecular weight is 414 g/mol. The van der Waals surface area contributed by atoms with Crippen LogP contribution in [0.15, 0.2) is 30.5 Å². The first kappa shape index (κ1) is 19.4.